The van der Waals surface area contributed by atoms with Crippen molar-refractivity contribution in [3.63, 3.8) is 0 Å². The monoisotopic (exact) mass is 421 g/mol. The lowest BCUT2D eigenvalue weighted by molar-refractivity contribution is -0.384. The molecule has 4 rings (SSSR count). The third-order valence-corrected chi connectivity index (χ3v) is 5.00. The summed E-state index contributed by atoms with van der Waals surface area (Å²) in [6.45, 7) is 1.80. The lowest BCUT2D eigenvalue weighted by atomic mass is 10.0. The molecule has 9 heteroatoms. The fourth-order valence-electron chi connectivity index (χ4n) is 3.31. The highest BCUT2D eigenvalue weighted by molar-refractivity contribution is 6.32. The fraction of sp³-hybridized carbons (Fsp3) is 0.0952. The van der Waals surface area contributed by atoms with Gasteiger partial charge in [-0.15, -0.1) is 0 Å². The van der Waals surface area contributed by atoms with Crippen LogP contribution in [-0.2, 0) is 7.05 Å². The Morgan fingerprint density at radius 1 is 1.17 bits per heavy atom. The Balaban J connectivity index is 1.82. The number of nitrogens with zero attached hydrogens (tertiary/aromatic N) is 4. The Morgan fingerprint density at radius 3 is 2.60 bits per heavy atom. The van der Waals surface area contributed by atoms with Gasteiger partial charge in [0.15, 0.2) is 5.65 Å². The Bertz CT molecular complexity index is 1300. The molecule has 150 valence electrons. The average molecular weight is 422 g/mol. The van der Waals surface area contributed by atoms with E-state index >= 15 is 0 Å². The van der Waals surface area contributed by atoms with Crippen LogP contribution < -0.4 is 5.32 Å². The van der Waals surface area contributed by atoms with Crippen LogP contribution in [0.4, 0.5) is 11.4 Å². The van der Waals surface area contributed by atoms with Crippen molar-refractivity contribution < 1.29 is 9.72 Å². The van der Waals surface area contributed by atoms with Crippen LogP contribution in [0.25, 0.3) is 22.3 Å². The zero-order valence-electron chi connectivity index (χ0n) is 16.1. The van der Waals surface area contributed by atoms with Gasteiger partial charge in [0, 0.05) is 24.4 Å². The van der Waals surface area contributed by atoms with E-state index in [1.807, 2.05) is 30.3 Å². The van der Waals surface area contributed by atoms with Crippen LogP contribution >= 0.6 is 11.6 Å². The van der Waals surface area contributed by atoms with Gasteiger partial charge in [-0.1, -0.05) is 41.9 Å². The molecule has 1 N–H and O–H groups in total. The van der Waals surface area contributed by atoms with Crippen molar-refractivity contribution in [3.05, 3.63) is 81.0 Å². The number of rotatable bonds is 4. The molecule has 0 unspecified atom stereocenters. The second-order valence-electron chi connectivity index (χ2n) is 6.71. The van der Waals surface area contributed by atoms with Crippen LogP contribution in [0, 0.1) is 17.0 Å². The molecule has 0 bridgehead atoms. The summed E-state index contributed by atoms with van der Waals surface area (Å²) in [5, 5.41) is 18.9. The maximum absolute atomic E-state index is 13.2. The summed E-state index contributed by atoms with van der Waals surface area (Å²) in [6, 6.07) is 15.3. The quantitative estimate of drug-likeness (QED) is 0.378. The minimum absolute atomic E-state index is 0.00114. The number of nitro benzene ring substituents is 1. The molecule has 0 aliphatic rings. The maximum atomic E-state index is 13.2. The maximum Gasteiger partial charge on any atom is 0.289 e. The third kappa shape index (κ3) is 3.48. The number of benzene rings is 2. The van der Waals surface area contributed by atoms with E-state index < -0.39 is 10.8 Å². The molecule has 0 radical (unpaired) electrons. The highest BCUT2D eigenvalue weighted by atomic mass is 35.5. The molecule has 30 heavy (non-hydrogen) atoms. The van der Waals surface area contributed by atoms with Crippen molar-refractivity contribution in [2.45, 2.75) is 6.92 Å². The molecule has 2 aromatic carbocycles. The zero-order chi connectivity index (χ0) is 21.4. The van der Waals surface area contributed by atoms with Crippen molar-refractivity contribution >= 4 is 39.9 Å². The Hall–Kier alpha value is -3.78. The first-order valence-corrected chi connectivity index (χ1v) is 9.38. The van der Waals surface area contributed by atoms with E-state index in [-0.39, 0.29) is 16.4 Å². The molecule has 8 nitrogen and oxygen atoms in total. The van der Waals surface area contributed by atoms with Crippen molar-refractivity contribution in [2.24, 2.45) is 7.05 Å². The van der Waals surface area contributed by atoms with Crippen LogP contribution in [0.5, 0.6) is 0 Å². The summed E-state index contributed by atoms with van der Waals surface area (Å²) in [6.07, 6.45) is 0. The number of nitrogens with one attached hydrogen (secondary N) is 1. The number of carbonyl (C=O) groups is 1. The van der Waals surface area contributed by atoms with Gasteiger partial charge < -0.3 is 5.32 Å². The van der Waals surface area contributed by atoms with E-state index in [1.54, 1.807) is 24.7 Å². The van der Waals surface area contributed by atoms with Crippen molar-refractivity contribution in [1.82, 2.24) is 14.8 Å². The minimum Gasteiger partial charge on any atom is -0.322 e. The molecule has 0 saturated heterocycles. The number of fused-ring (bicyclic) bond motifs is 1. The SMILES string of the molecule is Cc1nn(C)c2nc(-c3ccccc3)cc(C(=O)Nc3ccc(Cl)c([N+](=O)[O-])c3)c12. The molecule has 0 aliphatic carbocycles. The highest BCUT2D eigenvalue weighted by Gasteiger charge is 2.20. The summed E-state index contributed by atoms with van der Waals surface area (Å²) >= 11 is 5.86. The second-order valence-corrected chi connectivity index (χ2v) is 7.11. The first-order chi connectivity index (χ1) is 14.3. The first kappa shape index (κ1) is 19.5. The van der Waals surface area contributed by atoms with Gasteiger partial charge in [-0.3, -0.25) is 19.6 Å². The largest absolute Gasteiger partial charge is 0.322 e. The highest BCUT2D eigenvalue weighted by Crippen LogP contribution is 2.30. The number of pyridine rings is 1. The molecule has 0 saturated carbocycles. The molecular formula is C21H16ClN5O3. The molecular weight excluding hydrogens is 406 g/mol. The van der Waals surface area contributed by atoms with E-state index in [9.17, 15) is 14.9 Å². The van der Waals surface area contributed by atoms with Gasteiger partial charge in [0.1, 0.15) is 5.02 Å². The zero-order valence-corrected chi connectivity index (χ0v) is 16.8. The summed E-state index contributed by atoms with van der Waals surface area (Å²) in [5.41, 5.74) is 3.07. The molecule has 2 aromatic heterocycles. The van der Waals surface area contributed by atoms with Gasteiger partial charge in [-0.25, -0.2) is 4.98 Å². The van der Waals surface area contributed by atoms with Gasteiger partial charge in [-0.2, -0.15) is 5.10 Å². The second kappa shape index (κ2) is 7.57. The number of anilines is 1. The van der Waals surface area contributed by atoms with E-state index in [4.69, 9.17) is 11.6 Å². The molecule has 1 amide bonds. The molecule has 0 aliphatic heterocycles. The predicted octanol–water partition coefficient (Wildman–Crippen LogP) is 4.76. The van der Waals surface area contributed by atoms with Gasteiger partial charge in [0.05, 0.1) is 27.3 Å². The van der Waals surface area contributed by atoms with Crippen LogP contribution in [0.15, 0.2) is 54.6 Å². The van der Waals surface area contributed by atoms with Crippen LogP contribution in [0.3, 0.4) is 0 Å². The first-order valence-electron chi connectivity index (χ1n) is 9.00. The smallest absolute Gasteiger partial charge is 0.289 e. The molecule has 4 aromatic rings. The summed E-state index contributed by atoms with van der Waals surface area (Å²) in [5.74, 6) is -0.424. The number of halogens is 1. The van der Waals surface area contributed by atoms with Gasteiger partial charge in [0.25, 0.3) is 11.6 Å². The van der Waals surface area contributed by atoms with Crippen molar-refractivity contribution in [3.8, 4) is 11.3 Å². The van der Waals surface area contributed by atoms with E-state index in [0.29, 0.717) is 28.0 Å². The number of amides is 1. The lowest BCUT2D eigenvalue weighted by Crippen LogP contribution is -2.13. The lowest BCUT2D eigenvalue weighted by Gasteiger charge is -2.10. The molecule has 2 heterocycles. The number of aromatic nitrogens is 3. The van der Waals surface area contributed by atoms with E-state index in [1.165, 1.54) is 18.2 Å². The van der Waals surface area contributed by atoms with Gasteiger partial charge in [-0.05, 0) is 25.1 Å². The predicted molar refractivity (Wildman–Crippen MR) is 115 cm³/mol. The summed E-state index contributed by atoms with van der Waals surface area (Å²) in [7, 11) is 1.77. The van der Waals surface area contributed by atoms with E-state index in [2.05, 4.69) is 15.4 Å². The number of hydrogen-bond donors (Lipinski definition) is 1. The van der Waals surface area contributed by atoms with Crippen molar-refractivity contribution in [1.29, 1.82) is 0 Å². The van der Waals surface area contributed by atoms with Gasteiger partial charge >= 0.3 is 0 Å². The minimum atomic E-state index is -0.596. The van der Waals surface area contributed by atoms with E-state index in [0.717, 1.165) is 5.56 Å². The number of carbonyl (C=O) groups excluding carboxylic acids is 1. The molecule has 0 atom stereocenters. The normalized spacial score (nSPS) is 10.9. The Labute approximate surface area is 176 Å². The number of hydrogen-bond acceptors (Lipinski definition) is 5. The summed E-state index contributed by atoms with van der Waals surface area (Å²) in [4.78, 5) is 28.4. The topological polar surface area (TPSA) is 103 Å². The standard InChI is InChI=1S/C21H16ClN5O3/c1-12-19-15(21(28)23-14-8-9-16(22)18(10-14)27(29)30)11-17(13-6-4-3-5-7-13)24-20(19)26(2)25-12/h3-11H,1-2H3,(H,23,28). The number of aryl methyl sites for hydroxylation is 2. The van der Waals surface area contributed by atoms with Crippen LogP contribution in [-0.4, -0.2) is 25.6 Å². The van der Waals surface area contributed by atoms with Gasteiger partial charge in [0.2, 0.25) is 0 Å². The molecule has 0 spiro atoms. The fourth-order valence-corrected chi connectivity index (χ4v) is 3.50. The van der Waals surface area contributed by atoms with Crippen LogP contribution in [0.1, 0.15) is 16.1 Å². The average Bonchev–Trinajstić information content (AvgIpc) is 3.03. The van der Waals surface area contributed by atoms with Crippen LogP contribution in [0.2, 0.25) is 5.02 Å². The molecule has 0 fully saturated rings. The Kier molecular flexibility index (Phi) is 4.93. The number of nitro groups is 1. The third-order valence-electron chi connectivity index (χ3n) is 4.68. The van der Waals surface area contributed by atoms with Crippen molar-refractivity contribution in [2.75, 3.05) is 5.32 Å². The Morgan fingerprint density at radius 2 is 1.90 bits per heavy atom. The summed E-state index contributed by atoms with van der Waals surface area (Å²) < 4.78 is 1.63.